The van der Waals surface area contributed by atoms with Gasteiger partial charge >= 0.3 is 0 Å². The smallest absolute Gasteiger partial charge is 0.217 e. The molecule has 0 aromatic carbocycles. The van der Waals surface area contributed by atoms with Gasteiger partial charge in [-0.15, -0.1) is 0 Å². The molecule has 0 saturated carbocycles. The third-order valence-corrected chi connectivity index (χ3v) is 2.43. The van der Waals surface area contributed by atoms with Crippen LogP contribution in [0.5, 0.6) is 5.88 Å². The van der Waals surface area contributed by atoms with E-state index in [0.717, 1.165) is 5.56 Å². The normalized spacial score (nSPS) is 24.7. The zero-order chi connectivity index (χ0) is 9.47. The highest BCUT2D eigenvalue weighted by Gasteiger charge is 2.35. The van der Waals surface area contributed by atoms with Gasteiger partial charge in [-0.1, -0.05) is 6.07 Å². The monoisotopic (exact) mass is 179 g/mol. The summed E-state index contributed by atoms with van der Waals surface area (Å²) >= 11 is 0. The number of nitrogens with zero attached hydrogens (tertiary/aromatic N) is 1. The molecule has 1 aromatic heterocycles. The van der Waals surface area contributed by atoms with Gasteiger partial charge in [-0.2, -0.15) is 0 Å². The topological polar surface area (TPSA) is 42.4 Å². The highest BCUT2D eigenvalue weighted by Crippen LogP contribution is 2.30. The van der Waals surface area contributed by atoms with Crippen LogP contribution in [0.15, 0.2) is 18.3 Å². The summed E-state index contributed by atoms with van der Waals surface area (Å²) in [6, 6.07) is 3.79. The van der Waals surface area contributed by atoms with Crippen LogP contribution in [0, 0.1) is 0 Å². The third kappa shape index (κ3) is 1.40. The van der Waals surface area contributed by atoms with Crippen molar-refractivity contribution in [3.63, 3.8) is 0 Å². The van der Waals surface area contributed by atoms with Crippen LogP contribution in [0.3, 0.4) is 0 Å². The van der Waals surface area contributed by atoms with E-state index in [2.05, 4.69) is 4.98 Å². The molecule has 2 rings (SSSR count). The van der Waals surface area contributed by atoms with Gasteiger partial charge in [-0.3, -0.25) is 0 Å². The van der Waals surface area contributed by atoms with Crippen LogP contribution in [0.25, 0.3) is 0 Å². The van der Waals surface area contributed by atoms with E-state index < -0.39 is 11.7 Å². The summed E-state index contributed by atoms with van der Waals surface area (Å²) in [6.45, 7) is 3.74. The molecule has 0 aliphatic carbocycles. The number of hydrogen-bond donors (Lipinski definition) is 1. The third-order valence-electron chi connectivity index (χ3n) is 2.43. The van der Waals surface area contributed by atoms with E-state index in [4.69, 9.17) is 4.74 Å². The molecule has 1 aliphatic rings. The Balaban J connectivity index is 2.39. The van der Waals surface area contributed by atoms with E-state index in [1.54, 1.807) is 6.20 Å². The minimum atomic E-state index is -0.526. The Bertz CT molecular complexity index is 322. The molecular formula is C10H13NO2. The first-order valence-corrected chi connectivity index (χ1v) is 4.40. The van der Waals surface area contributed by atoms with Crippen molar-refractivity contribution in [3.8, 4) is 5.88 Å². The lowest BCUT2D eigenvalue weighted by molar-refractivity contribution is -0.0442. The van der Waals surface area contributed by atoms with Crippen LogP contribution in [-0.2, 0) is 6.42 Å². The van der Waals surface area contributed by atoms with Crippen molar-refractivity contribution < 1.29 is 9.84 Å². The fourth-order valence-electron chi connectivity index (χ4n) is 1.44. The average Bonchev–Trinajstić information content (AvgIpc) is 2.06. The number of hydrogen-bond acceptors (Lipinski definition) is 3. The first kappa shape index (κ1) is 8.51. The summed E-state index contributed by atoms with van der Waals surface area (Å²) in [4.78, 5) is 4.12. The van der Waals surface area contributed by atoms with Gasteiger partial charge in [0.25, 0.3) is 0 Å². The maximum atomic E-state index is 9.73. The van der Waals surface area contributed by atoms with Crippen LogP contribution in [0.2, 0.25) is 0 Å². The van der Waals surface area contributed by atoms with E-state index in [-0.39, 0.29) is 0 Å². The molecule has 1 atom stereocenters. The summed E-state index contributed by atoms with van der Waals surface area (Å²) < 4.78 is 5.57. The lowest BCUT2D eigenvalue weighted by Gasteiger charge is -2.35. The number of aromatic nitrogens is 1. The molecule has 0 fully saturated rings. The lowest BCUT2D eigenvalue weighted by atomic mass is 9.93. The molecule has 0 spiro atoms. The van der Waals surface area contributed by atoms with Gasteiger partial charge in [0, 0.05) is 18.2 Å². The fourth-order valence-corrected chi connectivity index (χ4v) is 1.44. The number of ether oxygens (including phenoxy) is 1. The Labute approximate surface area is 77.4 Å². The van der Waals surface area contributed by atoms with E-state index in [1.807, 2.05) is 26.0 Å². The minimum Gasteiger partial charge on any atom is -0.469 e. The Hall–Kier alpha value is -1.09. The lowest BCUT2D eigenvalue weighted by Crippen LogP contribution is -2.46. The Morgan fingerprint density at radius 1 is 1.62 bits per heavy atom. The minimum absolute atomic E-state index is 0.454. The van der Waals surface area contributed by atoms with Gasteiger partial charge in [-0.05, 0) is 19.9 Å². The molecular weight excluding hydrogens is 166 g/mol. The molecule has 3 heteroatoms. The molecule has 0 amide bonds. The van der Waals surface area contributed by atoms with Gasteiger partial charge < -0.3 is 9.84 Å². The van der Waals surface area contributed by atoms with Crippen molar-refractivity contribution >= 4 is 0 Å². The van der Waals surface area contributed by atoms with Crippen molar-refractivity contribution in [1.29, 1.82) is 0 Å². The first-order chi connectivity index (χ1) is 6.09. The van der Waals surface area contributed by atoms with Crippen molar-refractivity contribution in [1.82, 2.24) is 4.98 Å². The summed E-state index contributed by atoms with van der Waals surface area (Å²) in [5.41, 5.74) is 0.454. The molecule has 0 bridgehead atoms. The second kappa shape index (κ2) is 2.70. The zero-order valence-electron chi connectivity index (χ0n) is 7.82. The Morgan fingerprint density at radius 3 is 3.15 bits per heavy atom. The van der Waals surface area contributed by atoms with E-state index in [9.17, 15) is 5.11 Å². The summed E-state index contributed by atoms with van der Waals surface area (Å²) in [7, 11) is 0. The van der Waals surface area contributed by atoms with E-state index in [1.165, 1.54) is 0 Å². The van der Waals surface area contributed by atoms with Crippen LogP contribution < -0.4 is 4.74 Å². The first-order valence-electron chi connectivity index (χ1n) is 4.40. The van der Waals surface area contributed by atoms with Gasteiger partial charge in [0.05, 0.1) is 6.10 Å². The molecule has 1 aromatic rings. The SMILES string of the molecule is CC1(C)Oc2ncccc2CC1O. The number of rotatable bonds is 0. The molecule has 13 heavy (non-hydrogen) atoms. The molecule has 3 nitrogen and oxygen atoms in total. The number of pyridine rings is 1. The van der Waals surface area contributed by atoms with Crippen LogP contribution in [0.4, 0.5) is 0 Å². The molecule has 1 aliphatic heterocycles. The van der Waals surface area contributed by atoms with Gasteiger partial charge in [-0.25, -0.2) is 4.98 Å². The second-order valence-electron chi connectivity index (χ2n) is 3.89. The maximum absolute atomic E-state index is 9.73. The number of aliphatic hydroxyl groups is 1. The Kier molecular flexibility index (Phi) is 1.77. The predicted molar refractivity (Wildman–Crippen MR) is 48.7 cm³/mol. The summed E-state index contributed by atoms with van der Waals surface area (Å²) in [5, 5.41) is 9.73. The van der Waals surface area contributed by atoms with Crippen molar-refractivity contribution in [2.24, 2.45) is 0 Å². The van der Waals surface area contributed by atoms with Gasteiger partial charge in [0.15, 0.2) is 0 Å². The average molecular weight is 179 g/mol. The largest absolute Gasteiger partial charge is 0.469 e. The summed E-state index contributed by atoms with van der Waals surface area (Å²) in [5.74, 6) is 0.651. The zero-order valence-corrected chi connectivity index (χ0v) is 7.82. The predicted octanol–water partition coefficient (Wildman–Crippen LogP) is 1.16. The molecule has 70 valence electrons. The van der Waals surface area contributed by atoms with Crippen LogP contribution >= 0.6 is 0 Å². The summed E-state index contributed by atoms with van der Waals surface area (Å²) in [6.07, 6.45) is 1.87. The second-order valence-corrected chi connectivity index (χ2v) is 3.89. The molecule has 0 saturated heterocycles. The maximum Gasteiger partial charge on any atom is 0.217 e. The standard InChI is InChI=1S/C10H13NO2/c1-10(2)8(12)6-7-4-3-5-11-9(7)13-10/h3-5,8,12H,6H2,1-2H3. The van der Waals surface area contributed by atoms with Crippen molar-refractivity contribution in [2.75, 3.05) is 0 Å². The molecule has 1 N–H and O–H groups in total. The quantitative estimate of drug-likeness (QED) is 0.649. The van der Waals surface area contributed by atoms with E-state index >= 15 is 0 Å². The number of fused-ring (bicyclic) bond motifs is 1. The Morgan fingerprint density at radius 2 is 2.38 bits per heavy atom. The fraction of sp³-hybridized carbons (Fsp3) is 0.500. The van der Waals surface area contributed by atoms with Gasteiger partial charge in [0.2, 0.25) is 5.88 Å². The van der Waals surface area contributed by atoms with Crippen molar-refractivity contribution in [3.05, 3.63) is 23.9 Å². The van der Waals surface area contributed by atoms with Crippen molar-refractivity contribution in [2.45, 2.75) is 32.0 Å². The molecule has 1 unspecified atom stereocenters. The number of aliphatic hydroxyl groups excluding tert-OH is 1. The molecule has 0 radical (unpaired) electrons. The van der Waals surface area contributed by atoms with Crippen LogP contribution in [-0.4, -0.2) is 21.8 Å². The van der Waals surface area contributed by atoms with E-state index in [0.29, 0.717) is 12.3 Å². The highest BCUT2D eigenvalue weighted by molar-refractivity contribution is 5.29. The van der Waals surface area contributed by atoms with Gasteiger partial charge in [0.1, 0.15) is 5.60 Å². The van der Waals surface area contributed by atoms with Crippen LogP contribution in [0.1, 0.15) is 19.4 Å². The highest BCUT2D eigenvalue weighted by atomic mass is 16.5. The molecule has 2 heterocycles.